The van der Waals surface area contributed by atoms with E-state index >= 15 is 0 Å². The van der Waals surface area contributed by atoms with E-state index in [0.29, 0.717) is 0 Å². The van der Waals surface area contributed by atoms with Gasteiger partial charge >= 0.3 is 0 Å². The van der Waals surface area contributed by atoms with Gasteiger partial charge in [-0.2, -0.15) is 0 Å². The van der Waals surface area contributed by atoms with E-state index in [2.05, 4.69) is 18.4 Å². The molecule has 1 aliphatic carbocycles. The maximum atomic E-state index is 6.13. The first-order valence-corrected chi connectivity index (χ1v) is 8.24. The molecule has 1 aromatic heterocycles. The summed E-state index contributed by atoms with van der Waals surface area (Å²) >= 11 is 7.63. The van der Waals surface area contributed by atoms with Gasteiger partial charge in [-0.3, -0.25) is 11.3 Å². The molecule has 1 saturated carbocycles. The minimum Gasteiger partial charge on any atom is -0.374 e. The summed E-state index contributed by atoms with van der Waals surface area (Å²) < 4.78 is 6.96. The van der Waals surface area contributed by atoms with Crippen molar-refractivity contribution in [1.82, 2.24) is 5.43 Å². The first-order chi connectivity index (χ1) is 9.20. The lowest BCUT2D eigenvalue weighted by molar-refractivity contribution is -0.0896. The van der Waals surface area contributed by atoms with Crippen LogP contribution in [0.25, 0.3) is 0 Å². The minimum atomic E-state index is -0.113. The van der Waals surface area contributed by atoms with E-state index in [-0.39, 0.29) is 11.6 Å². The van der Waals surface area contributed by atoms with Crippen molar-refractivity contribution in [2.24, 2.45) is 5.84 Å². The molecule has 1 unspecified atom stereocenters. The van der Waals surface area contributed by atoms with Crippen molar-refractivity contribution >= 4 is 22.9 Å². The Labute approximate surface area is 124 Å². The van der Waals surface area contributed by atoms with Gasteiger partial charge in [0.2, 0.25) is 0 Å². The molecule has 0 aliphatic heterocycles. The van der Waals surface area contributed by atoms with Crippen LogP contribution in [0, 0.1) is 0 Å². The Balaban J connectivity index is 2.12. The number of ether oxygens (including phenoxy) is 1. The third kappa shape index (κ3) is 3.70. The molecule has 1 heterocycles. The summed E-state index contributed by atoms with van der Waals surface area (Å²) in [4.78, 5) is 1.26. The Bertz CT molecular complexity index is 385. The Morgan fingerprint density at radius 2 is 2.16 bits per heavy atom. The van der Waals surface area contributed by atoms with Crippen LogP contribution in [0.5, 0.6) is 0 Å². The maximum absolute atomic E-state index is 6.13. The van der Waals surface area contributed by atoms with Gasteiger partial charge in [0, 0.05) is 17.9 Å². The van der Waals surface area contributed by atoms with Crippen molar-refractivity contribution in [2.75, 3.05) is 6.61 Å². The Morgan fingerprint density at radius 3 is 2.68 bits per heavy atom. The Hall–Kier alpha value is -0.130. The second-order valence-corrected chi connectivity index (χ2v) is 6.99. The average molecular weight is 303 g/mol. The van der Waals surface area contributed by atoms with Crippen LogP contribution in [0.2, 0.25) is 4.34 Å². The van der Waals surface area contributed by atoms with Crippen LogP contribution in [0.3, 0.4) is 0 Å². The molecular weight excluding hydrogens is 280 g/mol. The minimum absolute atomic E-state index is 0.113. The first kappa shape index (κ1) is 15.3. The summed E-state index contributed by atoms with van der Waals surface area (Å²) in [7, 11) is 0. The normalized spacial score (nSPS) is 20.4. The largest absolute Gasteiger partial charge is 0.374 e. The van der Waals surface area contributed by atoms with Gasteiger partial charge in [0.15, 0.2) is 0 Å². The molecule has 108 valence electrons. The van der Waals surface area contributed by atoms with E-state index < -0.39 is 0 Å². The highest BCUT2D eigenvalue weighted by Crippen LogP contribution is 2.36. The van der Waals surface area contributed by atoms with Gasteiger partial charge in [-0.15, -0.1) is 11.3 Å². The van der Waals surface area contributed by atoms with Crippen LogP contribution in [-0.2, 0) is 11.2 Å². The van der Waals surface area contributed by atoms with Gasteiger partial charge in [-0.1, -0.05) is 30.9 Å². The van der Waals surface area contributed by atoms with E-state index in [9.17, 15) is 0 Å². The molecule has 0 bridgehead atoms. The highest BCUT2D eigenvalue weighted by molar-refractivity contribution is 7.16. The zero-order valence-corrected chi connectivity index (χ0v) is 13.0. The van der Waals surface area contributed by atoms with Crippen LogP contribution in [0.1, 0.15) is 43.9 Å². The fraction of sp³-hybridized carbons (Fsp3) is 0.714. The lowest BCUT2D eigenvalue weighted by atomic mass is 9.78. The molecule has 2 rings (SSSR count). The van der Waals surface area contributed by atoms with Crippen LogP contribution in [-0.4, -0.2) is 18.2 Å². The van der Waals surface area contributed by atoms with Crippen molar-refractivity contribution in [3.05, 3.63) is 21.3 Å². The molecule has 0 aromatic carbocycles. The summed E-state index contributed by atoms with van der Waals surface area (Å²) in [5, 5.41) is 0. The number of hydrazine groups is 1. The number of hydrogen-bond donors (Lipinski definition) is 2. The lowest BCUT2D eigenvalue weighted by Crippen LogP contribution is -2.56. The van der Waals surface area contributed by atoms with Gasteiger partial charge in [0.05, 0.1) is 16.0 Å². The van der Waals surface area contributed by atoms with E-state index in [4.69, 9.17) is 22.2 Å². The second kappa shape index (κ2) is 7.04. The van der Waals surface area contributed by atoms with Crippen LogP contribution in [0.4, 0.5) is 0 Å². The molecule has 1 fully saturated rings. The fourth-order valence-corrected chi connectivity index (χ4v) is 4.22. The SMILES string of the molecule is CCOC1(C(Cc2ccc(Cl)s2)NN)CCCCC1. The molecule has 3 N–H and O–H groups in total. The maximum Gasteiger partial charge on any atom is 0.0931 e. The van der Waals surface area contributed by atoms with Crippen molar-refractivity contribution in [3.63, 3.8) is 0 Å². The van der Waals surface area contributed by atoms with Crippen molar-refractivity contribution in [2.45, 2.75) is 57.1 Å². The highest BCUT2D eigenvalue weighted by atomic mass is 35.5. The second-order valence-electron chi connectivity index (χ2n) is 5.19. The predicted octanol–water partition coefficient (Wildman–Crippen LogP) is 3.52. The average Bonchev–Trinajstić information content (AvgIpc) is 2.83. The summed E-state index contributed by atoms with van der Waals surface area (Å²) in [6, 6.07) is 4.19. The number of rotatable bonds is 6. The van der Waals surface area contributed by atoms with E-state index in [1.54, 1.807) is 11.3 Å². The molecule has 19 heavy (non-hydrogen) atoms. The van der Waals surface area contributed by atoms with Crippen LogP contribution >= 0.6 is 22.9 Å². The summed E-state index contributed by atoms with van der Waals surface area (Å²) in [6.45, 7) is 2.80. The summed E-state index contributed by atoms with van der Waals surface area (Å²) in [5.74, 6) is 5.82. The quantitative estimate of drug-likeness (QED) is 0.624. The molecule has 3 nitrogen and oxygen atoms in total. The molecule has 1 aromatic rings. The van der Waals surface area contributed by atoms with Gasteiger partial charge < -0.3 is 4.74 Å². The zero-order chi connectivity index (χ0) is 13.7. The number of thiophene rings is 1. The molecule has 0 saturated heterocycles. The van der Waals surface area contributed by atoms with Gasteiger partial charge in [-0.25, -0.2) is 0 Å². The topological polar surface area (TPSA) is 47.3 Å². The molecular formula is C14H23ClN2OS. The molecule has 5 heteroatoms. The van der Waals surface area contributed by atoms with E-state index in [1.165, 1.54) is 24.1 Å². The first-order valence-electron chi connectivity index (χ1n) is 7.04. The smallest absolute Gasteiger partial charge is 0.0931 e. The monoisotopic (exact) mass is 302 g/mol. The molecule has 1 aliphatic rings. The molecule has 1 atom stereocenters. The molecule has 0 amide bonds. The Kier molecular flexibility index (Phi) is 5.66. The molecule has 0 radical (unpaired) electrons. The lowest BCUT2D eigenvalue weighted by Gasteiger charge is -2.43. The number of hydrogen-bond acceptors (Lipinski definition) is 4. The van der Waals surface area contributed by atoms with Gasteiger partial charge in [0.25, 0.3) is 0 Å². The van der Waals surface area contributed by atoms with E-state index in [0.717, 1.165) is 30.2 Å². The van der Waals surface area contributed by atoms with Gasteiger partial charge in [0.1, 0.15) is 0 Å². The third-order valence-electron chi connectivity index (χ3n) is 4.00. The number of halogens is 1. The standard InChI is InChI=1S/C14H23ClN2OS/c1-2-18-14(8-4-3-5-9-14)12(17-16)10-11-6-7-13(15)19-11/h6-7,12,17H,2-5,8-10,16H2,1H3. The van der Waals surface area contributed by atoms with Crippen molar-refractivity contribution < 1.29 is 4.74 Å². The van der Waals surface area contributed by atoms with E-state index in [1.807, 2.05) is 6.07 Å². The van der Waals surface area contributed by atoms with Crippen LogP contribution in [0.15, 0.2) is 12.1 Å². The Morgan fingerprint density at radius 1 is 1.42 bits per heavy atom. The van der Waals surface area contributed by atoms with Gasteiger partial charge in [-0.05, 0) is 31.9 Å². The van der Waals surface area contributed by atoms with Crippen LogP contribution < -0.4 is 11.3 Å². The highest BCUT2D eigenvalue weighted by Gasteiger charge is 2.40. The predicted molar refractivity (Wildman–Crippen MR) is 81.6 cm³/mol. The fourth-order valence-electron chi connectivity index (χ4n) is 3.09. The third-order valence-corrected chi connectivity index (χ3v) is 5.26. The molecule has 0 spiro atoms. The number of nitrogens with two attached hydrogens (primary N) is 1. The number of nitrogens with one attached hydrogen (secondary N) is 1. The van der Waals surface area contributed by atoms with Crippen molar-refractivity contribution in [1.29, 1.82) is 0 Å². The zero-order valence-electron chi connectivity index (χ0n) is 11.5. The van der Waals surface area contributed by atoms with Crippen molar-refractivity contribution in [3.8, 4) is 0 Å². The summed E-state index contributed by atoms with van der Waals surface area (Å²) in [5.41, 5.74) is 2.88. The summed E-state index contributed by atoms with van der Waals surface area (Å²) in [6.07, 6.45) is 6.82.